The number of primary sulfonamides is 1. The van der Waals surface area contributed by atoms with E-state index >= 15 is 0 Å². The molecule has 1 atom stereocenters. The Balaban J connectivity index is 2.15. The highest BCUT2D eigenvalue weighted by Gasteiger charge is 2.21. The molecule has 4 N–H and O–H groups in total. The van der Waals surface area contributed by atoms with Crippen molar-refractivity contribution in [2.24, 2.45) is 11.1 Å². The van der Waals surface area contributed by atoms with Gasteiger partial charge in [0.1, 0.15) is 0 Å². The lowest BCUT2D eigenvalue weighted by molar-refractivity contribution is -0.120. The highest BCUT2D eigenvalue weighted by atomic mass is 32.2. The van der Waals surface area contributed by atoms with Crippen LogP contribution in [0.2, 0.25) is 0 Å². The van der Waals surface area contributed by atoms with E-state index in [4.69, 9.17) is 5.14 Å². The van der Waals surface area contributed by atoms with Gasteiger partial charge in [-0.1, -0.05) is 6.07 Å². The van der Waals surface area contributed by atoms with Crippen LogP contribution in [0.15, 0.2) is 23.1 Å². The van der Waals surface area contributed by atoms with E-state index in [1.165, 1.54) is 6.07 Å². The fourth-order valence-corrected chi connectivity index (χ4v) is 3.11. The maximum atomic E-state index is 12.1. The molecule has 7 heteroatoms. The standard InChI is InChI=1S/C13H19N3O3S/c1-9-4-5-11(7-12(9)20(14,18)19)16-13(17)10-3-2-6-15-8-10/h4-5,7,10,15H,2-3,6,8H2,1H3,(H,16,17)(H2,14,18,19)/t10-/m1/s1. The van der Waals surface area contributed by atoms with Crippen molar-refractivity contribution in [3.05, 3.63) is 23.8 Å². The minimum absolute atomic E-state index is 0.0390. The third kappa shape index (κ3) is 3.56. The van der Waals surface area contributed by atoms with E-state index in [1.807, 2.05) is 0 Å². The largest absolute Gasteiger partial charge is 0.326 e. The van der Waals surface area contributed by atoms with Gasteiger partial charge in [0.15, 0.2) is 0 Å². The van der Waals surface area contributed by atoms with E-state index in [0.717, 1.165) is 19.4 Å². The minimum Gasteiger partial charge on any atom is -0.326 e. The van der Waals surface area contributed by atoms with Gasteiger partial charge in [-0.15, -0.1) is 0 Å². The predicted octanol–water partition coefficient (Wildman–Crippen LogP) is 0.581. The van der Waals surface area contributed by atoms with Gasteiger partial charge in [-0.05, 0) is 44.0 Å². The number of hydrogen-bond acceptors (Lipinski definition) is 4. The lowest BCUT2D eigenvalue weighted by Crippen LogP contribution is -2.37. The molecule has 1 aromatic carbocycles. The molecule has 1 aliphatic rings. The zero-order chi connectivity index (χ0) is 14.8. The maximum absolute atomic E-state index is 12.1. The van der Waals surface area contributed by atoms with E-state index < -0.39 is 10.0 Å². The Morgan fingerprint density at radius 2 is 2.20 bits per heavy atom. The lowest BCUT2D eigenvalue weighted by Gasteiger charge is -2.22. The van der Waals surface area contributed by atoms with Gasteiger partial charge in [-0.3, -0.25) is 4.79 Å². The summed E-state index contributed by atoms with van der Waals surface area (Å²) in [5, 5.41) is 11.1. The van der Waals surface area contributed by atoms with Crippen LogP contribution in [0.4, 0.5) is 5.69 Å². The number of sulfonamides is 1. The number of anilines is 1. The SMILES string of the molecule is Cc1ccc(NC(=O)[C@@H]2CCCNC2)cc1S(N)(=O)=O. The number of carbonyl (C=O) groups is 1. The molecule has 1 fully saturated rings. The number of hydrogen-bond donors (Lipinski definition) is 3. The van der Waals surface area contributed by atoms with E-state index in [0.29, 0.717) is 17.8 Å². The van der Waals surface area contributed by atoms with Crippen LogP contribution in [0.1, 0.15) is 18.4 Å². The van der Waals surface area contributed by atoms with Crippen molar-refractivity contribution in [1.29, 1.82) is 0 Å². The summed E-state index contributed by atoms with van der Waals surface area (Å²) in [5.41, 5.74) is 1.01. The first kappa shape index (κ1) is 15.0. The second-order valence-electron chi connectivity index (χ2n) is 5.06. The number of piperidine rings is 1. The molecule has 6 nitrogen and oxygen atoms in total. The van der Waals surface area contributed by atoms with Gasteiger partial charge in [-0.25, -0.2) is 13.6 Å². The third-order valence-electron chi connectivity index (χ3n) is 3.43. The molecule has 0 bridgehead atoms. The average Bonchev–Trinajstić information content (AvgIpc) is 2.40. The van der Waals surface area contributed by atoms with Crippen LogP contribution in [-0.2, 0) is 14.8 Å². The first-order valence-corrected chi connectivity index (χ1v) is 8.07. The number of aryl methyl sites for hydroxylation is 1. The van der Waals surface area contributed by atoms with Gasteiger partial charge in [0, 0.05) is 12.2 Å². The Bertz CT molecular complexity index is 607. The highest BCUT2D eigenvalue weighted by molar-refractivity contribution is 7.89. The Kier molecular flexibility index (Phi) is 4.42. The van der Waals surface area contributed by atoms with E-state index in [2.05, 4.69) is 10.6 Å². The summed E-state index contributed by atoms with van der Waals surface area (Å²) in [7, 11) is -3.78. The molecule has 1 amide bonds. The molecule has 0 saturated carbocycles. The van der Waals surface area contributed by atoms with Crippen LogP contribution < -0.4 is 15.8 Å². The van der Waals surface area contributed by atoms with Gasteiger partial charge in [0.2, 0.25) is 15.9 Å². The van der Waals surface area contributed by atoms with Crippen LogP contribution in [0.5, 0.6) is 0 Å². The molecule has 0 spiro atoms. The summed E-state index contributed by atoms with van der Waals surface area (Å²) < 4.78 is 22.9. The zero-order valence-electron chi connectivity index (χ0n) is 11.3. The quantitative estimate of drug-likeness (QED) is 0.759. The van der Waals surface area contributed by atoms with E-state index in [-0.39, 0.29) is 16.7 Å². The van der Waals surface area contributed by atoms with Gasteiger partial charge >= 0.3 is 0 Å². The molecule has 0 aliphatic carbocycles. The predicted molar refractivity (Wildman–Crippen MR) is 76.8 cm³/mol. The number of carbonyl (C=O) groups excluding carboxylic acids is 1. The molecular weight excluding hydrogens is 278 g/mol. The third-order valence-corrected chi connectivity index (χ3v) is 4.48. The second kappa shape index (κ2) is 5.90. The van der Waals surface area contributed by atoms with Crippen molar-refractivity contribution < 1.29 is 13.2 Å². The van der Waals surface area contributed by atoms with Crippen LogP contribution in [0, 0.1) is 12.8 Å². The number of amides is 1. The zero-order valence-corrected chi connectivity index (χ0v) is 12.2. The fourth-order valence-electron chi connectivity index (χ4n) is 2.30. The van der Waals surface area contributed by atoms with Gasteiger partial charge in [0.05, 0.1) is 10.8 Å². The topological polar surface area (TPSA) is 101 Å². The minimum atomic E-state index is -3.78. The van der Waals surface area contributed by atoms with Crippen LogP contribution >= 0.6 is 0 Å². The van der Waals surface area contributed by atoms with Crippen LogP contribution in [0.25, 0.3) is 0 Å². The number of rotatable bonds is 3. The van der Waals surface area contributed by atoms with Gasteiger partial charge in [0.25, 0.3) is 0 Å². The molecule has 2 rings (SSSR count). The van der Waals surface area contributed by atoms with Crippen molar-refractivity contribution in [1.82, 2.24) is 5.32 Å². The first-order chi connectivity index (χ1) is 9.38. The summed E-state index contributed by atoms with van der Waals surface area (Å²) in [6.07, 6.45) is 1.81. The summed E-state index contributed by atoms with van der Waals surface area (Å²) in [5.74, 6) is -0.176. The normalized spacial score (nSPS) is 19.6. The number of benzene rings is 1. The van der Waals surface area contributed by atoms with Crippen molar-refractivity contribution in [3.8, 4) is 0 Å². The molecule has 0 unspecified atom stereocenters. The van der Waals surface area contributed by atoms with Gasteiger partial charge in [-0.2, -0.15) is 0 Å². The fraction of sp³-hybridized carbons (Fsp3) is 0.462. The van der Waals surface area contributed by atoms with Crippen molar-refractivity contribution in [3.63, 3.8) is 0 Å². The van der Waals surface area contributed by atoms with E-state index in [1.54, 1.807) is 19.1 Å². The Hall–Kier alpha value is -1.44. The van der Waals surface area contributed by atoms with Crippen LogP contribution in [-0.4, -0.2) is 27.4 Å². The van der Waals surface area contributed by atoms with Crippen LogP contribution in [0.3, 0.4) is 0 Å². The summed E-state index contributed by atoms with van der Waals surface area (Å²) in [6.45, 7) is 3.25. The van der Waals surface area contributed by atoms with Crippen molar-refractivity contribution >= 4 is 21.6 Å². The second-order valence-corrected chi connectivity index (χ2v) is 6.59. The Morgan fingerprint density at radius 3 is 2.80 bits per heavy atom. The average molecular weight is 297 g/mol. The summed E-state index contributed by atoms with van der Waals surface area (Å²) in [4.78, 5) is 12.1. The highest BCUT2D eigenvalue weighted by Crippen LogP contribution is 2.20. The molecule has 0 aromatic heterocycles. The molecule has 1 heterocycles. The molecule has 1 aromatic rings. The first-order valence-electron chi connectivity index (χ1n) is 6.53. The summed E-state index contributed by atoms with van der Waals surface area (Å²) >= 11 is 0. The molecule has 110 valence electrons. The monoisotopic (exact) mass is 297 g/mol. The lowest BCUT2D eigenvalue weighted by atomic mass is 9.99. The Labute approximate surface area is 118 Å². The molecule has 20 heavy (non-hydrogen) atoms. The summed E-state index contributed by atoms with van der Waals surface area (Å²) in [6, 6.07) is 4.71. The van der Waals surface area contributed by atoms with E-state index in [9.17, 15) is 13.2 Å². The Morgan fingerprint density at radius 1 is 1.45 bits per heavy atom. The van der Waals surface area contributed by atoms with Crippen molar-refractivity contribution in [2.75, 3.05) is 18.4 Å². The molecule has 0 radical (unpaired) electrons. The van der Waals surface area contributed by atoms with Crippen molar-refractivity contribution in [2.45, 2.75) is 24.7 Å². The molecule has 1 aliphatic heterocycles. The molecular formula is C13H19N3O3S. The number of nitrogens with one attached hydrogen (secondary N) is 2. The molecule has 1 saturated heterocycles. The smallest absolute Gasteiger partial charge is 0.238 e. The maximum Gasteiger partial charge on any atom is 0.238 e. The van der Waals surface area contributed by atoms with Gasteiger partial charge < -0.3 is 10.6 Å². The number of nitrogens with two attached hydrogens (primary N) is 1.